The first-order valence-corrected chi connectivity index (χ1v) is 7.12. The molecule has 1 aromatic carbocycles. The summed E-state index contributed by atoms with van der Waals surface area (Å²) in [6.45, 7) is -0.0314. The molecule has 130 valence electrons. The van der Waals surface area contributed by atoms with E-state index < -0.39 is 29.8 Å². The van der Waals surface area contributed by atoms with Crippen molar-refractivity contribution in [3.8, 4) is 11.5 Å². The molecule has 1 amide bonds. The molecule has 2 unspecified atom stereocenters. The standard InChI is InChI=1S/C16H17F2NO5/c1-23-11-4-3-9(12(6-11)24-2)7-19-8-10(5-13(17)18)14(15(19)20)16(21)22/h3-6,10,14H,7-8H2,1-2H3,(H,21,22). The van der Waals surface area contributed by atoms with E-state index in [1.54, 1.807) is 18.2 Å². The Kier molecular flexibility index (Phi) is 5.38. The van der Waals surface area contributed by atoms with Gasteiger partial charge in [-0.05, 0) is 18.2 Å². The summed E-state index contributed by atoms with van der Waals surface area (Å²) < 4.78 is 35.3. The Balaban J connectivity index is 2.25. The van der Waals surface area contributed by atoms with Gasteiger partial charge in [0.2, 0.25) is 5.91 Å². The lowest BCUT2D eigenvalue weighted by molar-refractivity contribution is -0.148. The van der Waals surface area contributed by atoms with E-state index in [2.05, 4.69) is 0 Å². The maximum atomic E-state index is 12.5. The zero-order valence-corrected chi connectivity index (χ0v) is 13.2. The predicted octanol–water partition coefficient (Wildman–Crippen LogP) is 2.14. The fourth-order valence-electron chi connectivity index (χ4n) is 2.76. The van der Waals surface area contributed by atoms with Crippen LogP contribution in [0.25, 0.3) is 0 Å². The number of benzene rings is 1. The molecule has 6 nitrogen and oxygen atoms in total. The highest BCUT2D eigenvalue weighted by Crippen LogP contribution is 2.32. The Bertz CT molecular complexity index is 672. The number of carboxylic acids is 1. The van der Waals surface area contributed by atoms with Gasteiger partial charge >= 0.3 is 5.97 Å². The number of aliphatic carboxylic acids is 1. The second-order valence-electron chi connectivity index (χ2n) is 5.33. The Morgan fingerprint density at radius 2 is 2.08 bits per heavy atom. The van der Waals surface area contributed by atoms with Crippen LogP contribution in [0.15, 0.2) is 30.4 Å². The summed E-state index contributed by atoms with van der Waals surface area (Å²) in [4.78, 5) is 24.8. The summed E-state index contributed by atoms with van der Waals surface area (Å²) in [5.74, 6) is -3.65. The molecule has 0 radical (unpaired) electrons. The fourth-order valence-corrected chi connectivity index (χ4v) is 2.76. The molecule has 2 rings (SSSR count). The topological polar surface area (TPSA) is 76.1 Å². The number of carbonyl (C=O) groups is 2. The quantitative estimate of drug-likeness (QED) is 0.803. The minimum Gasteiger partial charge on any atom is -0.497 e. The molecule has 1 N–H and O–H groups in total. The molecule has 0 bridgehead atoms. The van der Waals surface area contributed by atoms with Crippen molar-refractivity contribution in [3.05, 3.63) is 35.9 Å². The zero-order valence-electron chi connectivity index (χ0n) is 13.2. The molecule has 24 heavy (non-hydrogen) atoms. The Labute approximate surface area is 137 Å². The van der Waals surface area contributed by atoms with Crippen molar-refractivity contribution < 1.29 is 33.0 Å². The number of halogens is 2. The summed E-state index contributed by atoms with van der Waals surface area (Å²) in [6, 6.07) is 4.98. The zero-order chi connectivity index (χ0) is 17.9. The van der Waals surface area contributed by atoms with Crippen molar-refractivity contribution in [3.63, 3.8) is 0 Å². The van der Waals surface area contributed by atoms with Gasteiger partial charge in [-0.1, -0.05) is 0 Å². The third-order valence-electron chi connectivity index (χ3n) is 3.90. The molecule has 0 aromatic heterocycles. The number of rotatable bonds is 6. The van der Waals surface area contributed by atoms with Gasteiger partial charge in [0.15, 0.2) is 0 Å². The molecule has 8 heteroatoms. The lowest BCUT2D eigenvalue weighted by Crippen LogP contribution is -2.30. The van der Waals surface area contributed by atoms with E-state index in [1.807, 2.05) is 0 Å². The molecule has 0 spiro atoms. The number of ether oxygens (including phenoxy) is 2. The maximum absolute atomic E-state index is 12.5. The summed E-state index contributed by atoms with van der Waals surface area (Å²) in [7, 11) is 2.95. The predicted molar refractivity (Wildman–Crippen MR) is 79.9 cm³/mol. The summed E-state index contributed by atoms with van der Waals surface area (Å²) >= 11 is 0. The lowest BCUT2D eigenvalue weighted by Gasteiger charge is -2.18. The van der Waals surface area contributed by atoms with E-state index in [4.69, 9.17) is 14.6 Å². The van der Waals surface area contributed by atoms with Crippen LogP contribution in [0.2, 0.25) is 0 Å². The van der Waals surface area contributed by atoms with Crippen molar-refractivity contribution in [1.82, 2.24) is 4.90 Å². The van der Waals surface area contributed by atoms with Crippen molar-refractivity contribution in [2.24, 2.45) is 11.8 Å². The maximum Gasteiger partial charge on any atom is 0.316 e. The largest absolute Gasteiger partial charge is 0.497 e. The van der Waals surface area contributed by atoms with Crippen LogP contribution in [0.5, 0.6) is 11.5 Å². The van der Waals surface area contributed by atoms with Gasteiger partial charge in [0.1, 0.15) is 17.4 Å². The summed E-state index contributed by atoms with van der Waals surface area (Å²) in [5.41, 5.74) is 0.626. The Morgan fingerprint density at radius 1 is 1.38 bits per heavy atom. The molecule has 1 fully saturated rings. The van der Waals surface area contributed by atoms with Gasteiger partial charge in [-0.3, -0.25) is 9.59 Å². The van der Waals surface area contributed by atoms with E-state index in [-0.39, 0.29) is 13.1 Å². The molecule has 1 aromatic rings. The van der Waals surface area contributed by atoms with E-state index in [1.165, 1.54) is 19.1 Å². The molecule has 1 saturated heterocycles. The van der Waals surface area contributed by atoms with Crippen LogP contribution >= 0.6 is 0 Å². The summed E-state index contributed by atoms with van der Waals surface area (Å²) in [6.07, 6.45) is -1.47. The van der Waals surface area contributed by atoms with Gasteiger partial charge in [-0.25, -0.2) is 0 Å². The van der Waals surface area contributed by atoms with Crippen LogP contribution in [0, 0.1) is 11.8 Å². The van der Waals surface area contributed by atoms with E-state index >= 15 is 0 Å². The van der Waals surface area contributed by atoms with Crippen molar-refractivity contribution >= 4 is 11.9 Å². The molecule has 0 saturated carbocycles. The minimum absolute atomic E-state index is 0.0635. The number of amides is 1. The highest BCUT2D eigenvalue weighted by atomic mass is 19.3. The van der Waals surface area contributed by atoms with Crippen molar-refractivity contribution in [2.45, 2.75) is 6.54 Å². The van der Waals surface area contributed by atoms with Gasteiger partial charge in [0.25, 0.3) is 6.08 Å². The van der Waals surface area contributed by atoms with Crippen molar-refractivity contribution in [2.75, 3.05) is 20.8 Å². The normalized spacial score (nSPS) is 20.0. The van der Waals surface area contributed by atoms with E-state index in [0.29, 0.717) is 23.1 Å². The number of hydrogen-bond donors (Lipinski definition) is 1. The molecule has 0 aliphatic carbocycles. The highest BCUT2D eigenvalue weighted by Gasteiger charge is 2.44. The van der Waals surface area contributed by atoms with Crippen LogP contribution in [0.3, 0.4) is 0 Å². The molecular weight excluding hydrogens is 324 g/mol. The lowest BCUT2D eigenvalue weighted by atomic mass is 9.96. The first-order chi connectivity index (χ1) is 11.4. The first kappa shape index (κ1) is 17.7. The number of likely N-dealkylation sites (tertiary alicyclic amines) is 1. The van der Waals surface area contributed by atoms with E-state index in [0.717, 1.165) is 0 Å². The Morgan fingerprint density at radius 3 is 2.62 bits per heavy atom. The number of carboxylic acid groups (broad SMARTS) is 1. The van der Waals surface area contributed by atoms with Crippen LogP contribution in [0.1, 0.15) is 5.56 Å². The highest BCUT2D eigenvalue weighted by molar-refractivity contribution is 5.99. The number of hydrogen-bond acceptors (Lipinski definition) is 4. The smallest absolute Gasteiger partial charge is 0.316 e. The fraction of sp³-hybridized carbons (Fsp3) is 0.375. The molecule has 1 heterocycles. The second kappa shape index (κ2) is 7.29. The number of methoxy groups -OCH3 is 2. The summed E-state index contributed by atoms with van der Waals surface area (Å²) in [5, 5.41) is 9.16. The molecular formula is C16H17F2NO5. The third kappa shape index (κ3) is 3.64. The second-order valence-corrected chi connectivity index (χ2v) is 5.33. The van der Waals surface area contributed by atoms with E-state index in [9.17, 15) is 18.4 Å². The van der Waals surface area contributed by atoms with Gasteiger partial charge < -0.3 is 19.5 Å². The molecule has 1 aliphatic rings. The molecule has 2 atom stereocenters. The van der Waals surface area contributed by atoms with Gasteiger partial charge in [-0.2, -0.15) is 8.78 Å². The number of nitrogens with zero attached hydrogens (tertiary/aromatic N) is 1. The average Bonchev–Trinajstić information content (AvgIpc) is 2.82. The Hall–Kier alpha value is -2.64. The van der Waals surface area contributed by atoms with Gasteiger partial charge in [0.05, 0.1) is 14.2 Å². The van der Waals surface area contributed by atoms with Crippen LogP contribution in [-0.4, -0.2) is 42.6 Å². The monoisotopic (exact) mass is 341 g/mol. The van der Waals surface area contributed by atoms with Crippen LogP contribution in [0.4, 0.5) is 8.78 Å². The van der Waals surface area contributed by atoms with Gasteiger partial charge in [-0.15, -0.1) is 0 Å². The SMILES string of the molecule is COc1ccc(CN2CC(C=C(F)F)C(C(=O)O)C2=O)c(OC)c1. The third-order valence-corrected chi connectivity index (χ3v) is 3.90. The first-order valence-electron chi connectivity index (χ1n) is 7.12. The molecule has 1 aliphatic heterocycles. The van der Waals surface area contributed by atoms with Gasteiger partial charge in [0, 0.05) is 30.6 Å². The number of carbonyl (C=O) groups excluding carboxylic acids is 1. The van der Waals surface area contributed by atoms with Crippen LogP contribution < -0.4 is 9.47 Å². The van der Waals surface area contributed by atoms with Crippen LogP contribution in [-0.2, 0) is 16.1 Å². The average molecular weight is 341 g/mol. The minimum atomic E-state index is -2.00. The van der Waals surface area contributed by atoms with Crippen molar-refractivity contribution in [1.29, 1.82) is 0 Å².